The topological polar surface area (TPSA) is 78.2 Å². The van der Waals surface area contributed by atoms with E-state index >= 15 is 0 Å². The van der Waals surface area contributed by atoms with Crippen molar-refractivity contribution >= 4 is 22.5 Å². The van der Waals surface area contributed by atoms with Gasteiger partial charge in [0.25, 0.3) is 0 Å². The van der Waals surface area contributed by atoms with Crippen LogP contribution in [0.15, 0.2) is 24.3 Å². The van der Waals surface area contributed by atoms with Crippen molar-refractivity contribution in [3.05, 3.63) is 35.4 Å². The lowest BCUT2D eigenvalue weighted by Gasteiger charge is -2.11. The number of benzene rings is 1. The molecule has 1 atom stereocenters. The highest BCUT2D eigenvalue weighted by Gasteiger charge is 2.13. The molecule has 0 aliphatic heterocycles. The predicted octanol–water partition coefficient (Wildman–Crippen LogP) is 1.18. The van der Waals surface area contributed by atoms with Gasteiger partial charge in [-0.2, -0.15) is 0 Å². The van der Waals surface area contributed by atoms with Gasteiger partial charge in [-0.25, -0.2) is 0 Å². The Morgan fingerprint density at radius 2 is 2.31 bits per heavy atom. The van der Waals surface area contributed by atoms with Gasteiger partial charge < -0.3 is 15.0 Å². The molecule has 0 saturated heterocycles. The maximum atomic E-state index is 10.5. The molecule has 1 aliphatic carbocycles. The molecule has 16 heavy (non-hydrogen) atoms. The second-order valence-corrected chi connectivity index (χ2v) is 4.35. The molecule has 0 aromatic heterocycles. The van der Waals surface area contributed by atoms with E-state index in [0.717, 1.165) is 18.4 Å². The number of allylic oxidation sites excluding steroid dienone is 1. The maximum absolute atomic E-state index is 10.5. The van der Waals surface area contributed by atoms with Crippen molar-refractivity contribution in [2.45, 2.75) is 12.8 Å². The third-order valence-corrected chi connectivity index (χ3v) is 3.04. The number of hydrogen-bond acceptors (Lipinski definition) is 3. The summed E-state index contributed by atoms with van der Waals surface area (Å²) in [7, 11) is 0. The van der Waals surface area contributed by atoms with E-state index in [2.05, 4.69) is 10.8 Å². The summed E-state index contributed by atoms with van der Waals surface area (Å²) >= 11 is -2.27. The molecule has 0 heterocycles. The van der Waals surface area contributed by atoms with Crippen molar-refractivity contribution in [3.8, 4) is 0 Å². The zero-order valence-electron chi connectivity index (χ0n) is 8.73. The van der Waals surface area contributed by atoms with Gasteiger partial charge in [0, 0.05) is 17.0 Å². The van der Waals surface area contributed by atoms with Crippen LogP contribution in [0.3, 0.4) is 0 Å². The van der Waals surface area contributed by atoms with Crippen LogP contribution in [0.1, 0.15) is 17.5 Å². The number of fused-ring (bicyclic) bond motifs is 1. The summed E-state index contributed by atoms with van der Waals surface area (Å²) in [5.41, 5.74) is 9.67. The third kappa shape index (κ3) is 2.32. The highest BCUT2D eigenvalue weighted by molar-refractivity contribution is 7.80. The summed E-state index contributed by atoms with van der Waals surface area (Å²) in [6, 6.07) is 5.58. The number of nitrogens with one attached hydrogen (secondary N) is 1. The fourth-order valence-corrected chi connectivity index (χ4v) is 2.27. The zero-order chi connectivity index (χ0) is 11.5. The largest absolute Gasteiger partial charge is 0.755 e. The fraction of sp³-hybridized carbons (Fsp3) is 0.273. The Kier molecular flexibility index (Phi) is 3.38. The van der Waals surface area contributed by atoms with E-state index < -0.39 is 11.3 Å². The highest BCUT2D eigenvalue weighted by atomic mass is 32.2. The zero-order valence-corrected chi connectivity index (χ0v) is 9.55. The molecule has 1 aliphatic rings. The van der Waals surface area contributed by atoms with Gasteiger partial charge in [-0.1, -0.05) is 12.1 Å². The lowest BCUT2D eigenvalue weighted by atomic mass is 10.0. The van der Waals surface area contributed by atoms with Crippen LogP contribution in [0.4, 0.5) is 5.69 Å². The summed E-state index contributed by atoms with van der Waals surface area (Å²) in [6.07, 6.45) is 3.89. The summed E-state index contributed by atoms with van der Waals surface area (Å²) < 4.78 is 23.4. The summed E-state index contributed by atoms with van der Waals surface area (Å²) in [4.78, 5) is 0. The summed E-state index contributed by atoms with van der Waals surface area (Å²) in [5, 5.41) is 0. The highest BCUT2D eigenvalue weighted by Crippen LogP contribution is 2.31. The van der Waals surface area contributed by atoms with Crippen LogP contribution in [0.25, 0.3) is 5.57 Å². The average Bonchev–Trinajstić information content (AvgIpc) is 2.61. The van der Waals surface area contributed by atoms with Gasteiger partial charge in [-0.05, 0) is 48.2 Å². The molecular weight excluding hydrogens is 224 g/mol. The predicted molar refractivity (Wildman–Crippen MR) is 64.3 cm³/mol. The number of hydrogen-bond donors (Lipinski definition) is 2. The Morgan fingerprint density at radius 1 is 1.50 bits per heavy atom. The summed E-state index contributed by atoms with van der Waals surface area (Å²) in [5.74, 6) is 0. The molecule has 86 valence electrons. The molecule has 4 nitrogen and oxygen atoms in total. The van der Waals surface area contributed by atoms with Crippen LogP contribution in [-0.4, -0.2) is 15.3 Å². The summed E-state index contributed by atoms with van der Waals surface area (Å²) in [6.45, 7) is 0.608. The number of nitrogens with two attached hydrogens (primary N) is 1. The van der Waals surface area contributed by atoms with Gasteiger partial charge in [0.2, 0.25) is 0 Å². The molecule has 2 rings (SSSR count). The number of rotatable bonds is 4. The van der Waals surface area contributed by atoms with E-state index in [1.807, 2.05) is 12.1 Å². The molecule has 0 spiro atoms. The van der Waals surface area contributed by atoms with Gasteiger partial charge in [-0.3, -0.25) is 4.21 Å². The van der Waals surface area contributed by atoms with E-state index in [-0.39, 0.29) is 0 Å². The Hall–Kier alpha value is -1.17. The van der Waals surface area contributed by atoms with E-state index in [1.165, 1.54) is 11.1 Å². The van der Waals surface area contributed by atoms with Crippen molar-refractivity contribution < 1.29 is 8.76 Å². The minimum atomic E-state index is -2.27. The van der Waals surface area contributed by atoms with Crippen molar-refractivity contribution in [3.63, 3.8) is 0 Å². The maximum Gasteiger partial charge on any atom is 0.0458 e. The van der Waals surface area contributed by atoms with Gasteiger partial charge in [-0.15, -0.1) is 0 Å². The Morgan fingerprint density at radius 3 is 3.00 bits per heavy atom. The van der Waals surface area contributed by atoms with E-state index in [1.54, 1.807) is 6.07 Å². The first-order valence-electron chi connectivity index (χ1n) is 5.09. The molecular formula is C11H13N2O2S-. The monoisotopic (exact) mass is 237 g/mol. The molecule has 0 saturated carbocycles. The lowest BCUT2D eigenvalue weighted by molar-refractivity contribution is 0.542. The van der Waals surface area contributed by atoms with Crippen molar-refractivity contribution in [2.75, 3.05) is 11.3 Å². The molecule has 3 N–H and O–H groups in total. The first-order chi connectivity index (χ1) is 7.70. The van der Waals surface area contributed by atoms with Crippen molar-refractivity contribution in [2.24, 2.45) is 5.73 Å². The van der Waals surface area contributed by atoms with E-state index in [4.69, 9.17) is 5.73 Å². The minimum absolute atomic E-state index is 0.594. The first kappa shape index (κ1) is 11.3. The van der Waals surface area contributed by atoms with E-state index in [9.17, 15) is 8.76 Å². The van der Waals surface area contributed by atoms with Crippen LogP contribution in [0, 0.1) is 0 Å². The first-order valence-corrected chi connectivity index (χ1v) is 6.16. The quantitative estimate of drug-likeness (QED) is 0.772. The fourth-order valence-electron chi connectivity index (χ4n) is 1.95. The Bertz CT molecular complexity index is 457. The standard InChI is InChI=1S/C11H14N2O2S/c12-6-5-9-2-1-8-3-4-10(7-11(8)9)13-16(14)15/h2-4,7,13H,1,5-6,12H2,(H,14,15)/p-1. The van der Waals surface area contributed by atoms with Gasteiger partial charge in [0.05, 0.1) is 0 Å². The molecule has 0 fully saturated rings. The molecule has 1 aromatic rings. The minimum Gasteiger partial charge on any atom is -0.755 e. The smallest absolute Gasteiger partial charge is 0.0458 e. The van der Waals surface area contributed by atoms with Crippen LogP contribution in [-0.2, 0) is 17.7 Å². The molecule has 0 bridgehead atoms. The van der Waals surface area contributed by atoms with Gasteiger partial charge >= 0.3 is 0 Å². The Balaban J connectivity index is 2.27. The normalized spacial score (nSPS) is 15.5. The molecule has 5 heteroatoms. The second-order valence-electron chi connectivity index (χ2n) is 3.68. The SMILES string of the molecule is NCCC1=CCc2ccc(NS(=O)[O-])cc21. The second kappa shape index (κ2) is 4.78. The Labute approximate surface area is 97.0 Å². The van der Waals surface area contributed by atoms with Crippen LogP contribution >= 0.6 is 0 Å². The van der Waals surface area contributed by atoms with Crippen molar-refractivity contribution in [1.82, 2.24) is 0 Å². The molecule has 0 radical (unpaired) electrons. The van der Waals surface area contributed by atoms with Gasteiger partial charge in [0.15, 0.2) is 0 Å². The average molecular weight is 237 g/mol. The van der Waals surface area contributed by atoms with Crippen LogP contribution in [0.2, 0.25) is 0 Å². The van der Waals surface area contributed by atoms with Crippen LogP contribution in [0.5, 0.6) is 0 Å². The molecule has 1 aromatic carbocycles. The number of anilines is 1. The lowest BCUT2D eigenvalue weighted by Crippen LogP contribution is -2.03. The van der Waals surface area contributed by atoms with Gasteiger partial charge in [0.1, 0.15) is 0 Å². The third-order valence-electron chi connectivity index (χ3n) is 2.64. The molecule has 1 unspecified atom stereocenters. The van der Waals surface area contributed by atoms with E-state index in [0.29, 0.717) is 12.2 Å². The van der Waals surface area contributed by atoms with Crippen molar-refractivity contribution in [1.29, 1.82) is 0 Å². The van der Waals surface area contributed by atoms with Crippen LogP contribution < -0.4 is 10.5 Å². The molecule has 0 amide bonds.